The van der Waals surface area contributed by atoms with E-state index in [1.54, 1.807) is 4.90 Å². The second-order valence-electron chi connectivity index (χ2n) is 5.68. The molecule has 9 nitrogen and oxygen atoms in total. The summed E-state index contributed by atoms with van der Waals surface area (Å²) in [6.45, 7) is 1.02. The van der Waals surface area contributed by atoms with E-state index in [4.69, 9.17) is 9.47 Å². The second-order valence-corrected chi connectivity index (χ2v) is 5.68. The SMILES string of the molecule is COc1nccnc1OC1CCCN(C(=O)c2ccc(=O)n(C)n2)C1. The van der Waals surface area contributed by atoms with E-state index >= 15 is 0 Å². The van der Waals surface area contributed by atoms with Crippen molar-refractivity contribution in [1.82, 2.24) is 24.6 Å². The predicted molar refractivity (Wildman–Crippen MR) is 87.6 cm³/mol. The molecule has 1 fully saturated rings. The van der Waals surface area contributed by atoms with Crippen molar-refractivity contribution in [3.8, 4) is 11.8 Å². The van der Waals surface area contributed by atoms with Gasteiger partial charge in [-0.1, -0.05) is 0 Å². The Hall–Kier alpha value is -2.97. The molecule has 1 unspecified atom stereocenters. The average Bonchev–Trinajstić information content (AvgIpc) is 2.64. The Morgan fingerprint density at radius 2 is 2.00 bits per heavy atom. The molecular weight excluding hydrogens is 326 g/mol. The number of nitrogens with zero attached hydrogens (tertiary/aromatic N) is 5. The normalized spacial score (nSPS) is 17.2. The van der Waals surface area contributed by atoms with E-state index < -0.39 is 0 Å². The summed E-state index contributed by atoms with van der Waals surface area (Å²) >= 11 is 0. The zero-order valence-electron chi connectivity index (χ0n) is 14.1. The fraction of sp³-hybridized carbons (Fsp3) is 0.438. The van der Waals surface area contributed by atoms with Gasteiger partial charge in [0.15, 0.2) is 0 Å². The minimum Gasteiger partial charge on any atom is -0.477 e. The van der Waals surface area contributed by atoms with Crippen molar-refractivity contribution >= 4 is 5.91 Å². The number of amides is 1. The molecular formula is C16H19N5O4. The van der Waals surface area contributed by atoms with Crippen LogP contribution in [0.5, 0.6) is 11.8 Å². The number of carbonyl (C=O) groups is 1. The molecule has 0 aliphatic carbocycles. The lowest BCUT2D eigenvalue weighted by Crippen LogP contribution is -2.45. The lowest BCUT2D eigenvalue weighted by atomic mass is 10.1. The van der Waals surface area contributed by atoms with Crippen LogP contribution in [0, 0.1) is 0 Å². The number of rotatable bonds is 4. The van der Waals surface area contributed by atoms with Gasteiger partial charge < -0.3 is 14.4 Å². The van der Waals surface area contributed by atoms with Gasteiger partial charge in [-0.05, 0) is 18.9 Å². The summed E-state index contributed by atoms with van der Waals surface area (Å²) < 4.78 is 12.2. The van der Waals surface area contributed by atoms with Crippen LogP contribution in [-0.2, 0) is 7.05 Å². The Bertz CT molecular complexity index is 822. The molecule has 25 heavy (non-hydrogen) atoms. The Morgan fingerprint density at radius 1 is 1.24 bits per heavy atom. The molecule has 0 aromatic carbocycles. The molecule has 0 radical (unpaired) electrons. The first-order valence-electron chi connectivity index (χ1n) is 7.94. The van der Waals surface area contributed by atoms with E-state index in [1.165, 1.54) is 38.7 Å². The molecule has 132 valence electrons. The molecule has 2 aromatic heterocycles. The van der Waals surface area contributed by atoms with Crippen LogP contribution in [0.2, 0.25) is 0 Å². The van der Waals surface area contributed by atoms with Crippen LogP contribution in [0.3, 0.4) is 0 Å². The van der Waals surface area contributed by atoms with Gasteiger partial charge in [0.05, 0.1) is 13.7 Å². The van der Waals surface area contributed by atoms with Gasteiger partial charge in [0.1, 0.15) is 11.8 Å². The number of aryl methyl sites for hydroxylation is 1. The quantitative estimate of drug-likeness (QED) is 0.784. The number of piperidine rings is 1. The van der Waals surface area contributed by atoms with Crippen LogP contribution >= 0.6 is 0 Å². The third-order valence-electron chi connectivity index (χ3n) is 3.95. The molecule has 2 aromatic rings. The Morgan fingerprint density at radius 3 is 2.72 bits per heavy atom. The summed E-state index contributed by atoms with van der Waals surface area (Å²) in [4.78, 5) is 33.9. The van der Waals surface area contributed by atoms with Crippen molar-refractivity contribution < 1.29 is 14.3 Å². The molecule has 0 N–H and O–H groups in total. The van der Waals surface area contributed by atoms with Gasteiger partial charge in [-0.2, -0.15) is 5.10 Å². The molecule has 0 saturated carbocycles. The van der Waals surface area contributed by atoms with Crippen molar-refractivity contribution in [2.75, 3.05) is 20.2 Å². The van der Waals surface area contributed by atoms with Crippen LogP contribution in [-0.4, -0.2) is 56.9 Å². The van der Waals surface area contributed by atoms with Crippen LogP contribution < -0.4 is 15.0 Å². The fourth-order valence-corrected chi connectivity index (χ4v) is 2.69. The number of hydrogen-bond donors (Lipinski definition) is 0. The summed E-state index contributed by atoms with van der Waals surface area (Å²) in [6, 6.07) is 2.78. The van der Waals surface area contributed by atoms with Gasteiger partial charge in [0.25, 0.3) is 23.2 Å². The summed E-state index contributed by atoms with van der Waals surface area (Å²) in [5.74, 6) is 0.394. The summed E-state index contributed by atoms with van der Waals surface area (Å²) in [5, 5.41) is 4.01. The van der Waals surface area contributed by atoms with Crippen LogP contribution in [0.4, 0.5) is 0 Å². The topological polar surface area (TPSA) is 99.4 Å². The molecule has 0 spiro atoms. The molecule has 1 atom stereocenters. The van der Waals surface area contributed by atoms with Gasteiger partial charge in [-0.25, -0.2) is 14.6 Å². The van der Waals surface area contributed by atoms with Crippen molar-refractivity contribution in [1.29, 1.82) is 0 Å². The Labute approximate surface area is 144 Å². The minimum atomic E-state index is -0.258. The van der Waals surface area contributed by atoms with Crippen molar-refractivity contribution in [3.05, 3.63) is 40.6 Å². The van der Waals surface area contributed by atoms with Gasteiger partial charge in [0, 0.05) is 32.1 Å². The van der Waals surface area contributed by atoms with E-state index in [1.807, 2.05) is 0 Å². The first-order valence-corrected chi connectivity index (χ1v) is 7.94. The molecule has 9 heteroatoms. The molecule has 1 amide bonds. The van der Waals surface area contributed by atoms with Gasteiger partial charge in [-0.15, -0.1) is 0 Å². The highest BCUT2D eigenvalue weighted by Crippen LogP contribution is 2.24. The second kappa shape index (κ2) is 7.29. The van der Waals surface area contributed by atoms with E-state index in [-0.39, 0.29) is 23.3 Å². The van der Waals surface area contributed by atoms with E-state index in [2.05, 4.69) is 15.1 Å². The van der Waals surface area contributed by atoms with E-state index in [0.717, 1.165) is 17.5 Å². The molecule has 1 saturated heterocycles. The third kappa shape index (κ3) is 3.76. The van der Waals surface area contributed by atoms with Gasteiger partial charge in [0.2, 0.25) is 0 Å². The molecule has 3 heterocycles. The van der Waals surface area contributed by atoms with Gasteiger partial charge in [-0.3, -0.25) is 9.59 Å². The number of carbonyl (C=O) groups excluding carboxylic acids is 1. The highest BCUT2D eigenvalue weighted by molar-refractivity contribution is 5.92. The van der Waals surface area contributed by atoms with E-state index in [0.29, 0.717) is 24.8 Å². The average molecular weight is 345 g/mol. The number of methoxy groups -OCH3 is 1. The fourth-order valence-electron chi connectivity index (χ4n) is 2.69. The molecule has 1 aliphatic heterocycles. The lowest BCUT2D eigenvalue weighted by Gasteiger charge is -2.32. The zero-order chi connectivity index (χ0) is 17.8. The number of ether oxygens (including phenoxy) is 2. The van der Waals surface area contributed by atoms with Crippen molar-refractivity contribution in [3.63, 3.8) is 0 Å². The smallest absolute Gasteiger partial charge is 0.278 e. The monoisotopic (exact) mass is 345 g/mol. The number of hydrogen-bond acceptors (Lipinski definition) is 7. The maximum absolute atomic E-state index is 12.6. The van der Waals surface area contributed by atoms with Crippen LogP contribution in [0.1, 0.15) is 23.3 Å². The van der Waals surface area contributed by atoms with Gasteiger partial charge >= 0.3 is 0 Å². The molecule has 1 aliphatic rings. The maximum atomic E-state index is 12.6. The maximum Gasteiger partial charge on any atom is 0.278 e. The van der Waals surface area contributed by atoms with Crippen LogP contribution in [0.15, 0.2) is 29.3 Å². The first kappa shape index (κ1) is 16.9. The Balaban J connectivity index is 1.71. The highest BCUT2D eigenvalue weighted by Gasteiger charge is 2.27. The lowest BCUT2D eigenvalue weighted by molar-refractivity contribution is 0.0512. The van der Waals surface area contributed by atoms with E-state index in [9.17, 15) is 9.59 Å². The Kier molecular flexibility index (Phi) is 4.92. The number of likely N-dealkylation sites (tertiary alicyclic amines) is 1. The minimum absolute atomic E-state index is 0.212. The van der Waals surface area contributed by atoms with Crippen LogP contribution in [0.25, 0.3) is 0 Å². The molecule has 0 bridgehead atoms. The number of aromatic nitrogens is 4. The summed E-state index contributed by atoms with van der Waals surface area (Å²) in [7, 11) is 3.01. The summed E-state index contributed by atoms with van der Waals surface area (Å²) in [6.07, 6.45) is 4.43. The predicted octanol–water partition coefficient (Wildman–Crippen LogP) is 0.262. The van der Waals surface area contributed by atoms with Crippen molar-refractivity contribution in [2.24, 2.45) is 7.05 Å². The summed E-state index contributed by atoms with van der Waals surface area (Å²) in [5.41, 5.74) is -0.0222. The third-order valence-corrected chi connectivity index (χ3v) is 3.95. The molecule has 3 rings (SSSR count). The standard InChI is InChI=1S/C16H19N5O4/c1-20-13(22)6-5-12(19-20)16(23)21-9-3-4-11(10-21)25-15-14(24-2)17-7-8-18-15/h5-8,11H,3-4,9-10H2,1-2H3. The largest absolute Gasteiger partial charge is 0.477 e. The first-order chi connectivity index (χ1) is 12.1. The zero-order valence-corrected chi connectivity index (χ0v) is 14.1. The highest BCUT2D eigenvalue weighted by atomic mass is 16.5. The van der Waals surface area contributed by atoms with Crippen molar-refractivity contribution in [2.45, 2.75) is 18.9 Å².